The van der Waals surface area contributed by atoms with Crippen molar-refractivity contribution >= 4 is 11.9 Å². The number of carbonyl (C=O) groups excluding carboxylic acids is 2. The van der Waals surface area contributed by atoms with Crippen molar-refractivity contribution in [3.05, 3.63) is 47.5 Å². The molecule has 0 aliphatic carbocycles. The number of esters is 1. The van der Waals surface area contributed by atoms with Gasteiger partial charge in [0, 0.05) is 26.5 Å². The summed E-state index contributed by atoms with van der Waals surface area (Å²) in [5.74, 6) is -0.574. The highest BCUT2D eigenvalue weighted by molar-refractivity contribution is 5.91. The van der Waals surface area contributed by atoms with E-state index in [4.69, 9.17) is 0 Å². The van der Waals surface area contributed by atoms with Crippen molar-refractivity contribution in [2.45, 2.75) is 6.54 Å². The van der Waals surface area contributed by atoms with E-state index in [2.05, 4.69) is 14.8 Å². The molecule has 0 N–H and O–H groups in total. The summed E-state index contributed by atoms with van der Waals surface area (Å²) < 4.78 is 6.23. The molecular formula is C14H16N4O3. The van der Waals surface area contributed by atoms with Gasteiger partial charge in [-0.3, -0.25) is 14.5 Å². The Balaban J connectivity index is 2.08. The summed E-state index contributed by atoms with van der Waals surface area (Å²) in [5, 5.41) is 4.19. The number of hydrogen-bond donors (Lipinski definition) is 0. The third kappa shape index (κ3) is 3.44. The predicted molar refractivity (Wildman–Crippen MR) is 74.9 cm³/mol. The van der Waals surface area contributed by atoms with Crippen molar-refractivity contribution < 1.29 is 14.3 Å². The van der Waals surface area contributed by atoms with Crippen LogP contribution in [0.2, 0.25) is 0 Å². The molecule has 110 valence electrons. The molecule has 0 aromatic carbocycles. The molecule has 0 aliphatic rings. The van der Waals surface area contributed by atoms with Gasteiger partial charge in [0.25, 0.3) is 5.91 Å². The number of hydrogen-bond acceptors (Lipinski definition) is 5. The van der Waals surface area contributed by atoms with Crippen LogP contribution in [0.4, 0.5) is 0 Å². The van der Waals surface area contributed by atoms with Crippen LogP contribution in [0.5, 0.6) is 0 Å². The molecule has 1 amide bonds. The lowest BCUT2D eigenvalue weighted by Crippen LogP contribution is -2.22. The molecule has 0 fully saturated rings. The number of ether oxygens (including phenoxy) is 1. The van der Waals surface area contributed by atoms with E-state index < -0.39 is 5.97 Å². The molecule has 0 spiro atoms. The Labute approximate surface area is 122 Å². The third-order valence-corrected chi connectivity index (χ3v) is 2.84. The number of rotatable bonds is 4. The largest absolute Gasteiger partial charge is 0.465 e. The monoisotopic (exact) mass is 288 g/mol. The van der Waals surface area contributed by atoms with E-state index in [-0.39, 0.29) is 5.91 Å². The van der Waals surface area contributed by atoms with E-state index in [1.165, 1.54) is 18.2 Å². The average Bonchev–Trinajstić information content (AvgIpc) is 2.94. The van der Waals surface area contributed by atoms with Crippen LogP contribution in [0.15, 0.2) is 30.6 Å². The molecule has 21 heavy (non-hydrogen) atoms. The fourth-order valence-electron chi connectivity index (χ4n) is 1.72. The summed E-state index contributed by atoms with van der Waals surface area (Å²) >= 11 is 0. The number of methoxy groups -OCH3 is 1. The Bertz CT molecular complexity index is 646. The third-order valence-electron chi connectivity index (χ3n) is 2.84. The molecule has 2 aromatic rings. The van der Waals surface area contributed by atoms with E-state index in [1.807, 2.05) is 0 Å². The van der Waals surface area contributed by atoms with Crippen LogP contribution in [0.25, 0.3) is 0 Å². The van der Waals surface area contributed by atoms with Crippen molar-refractivity contribution in [3.63, 3.8) is 0 Å². The van der Waals surface area contributed by atoms with Gasteiger partial charge in [0.1, 0.15) is 5.69 Å². The van der Waals surface area contributed by atoms with Gasteiger partial charge in [-0.2, -0.15) is 5.10 Å². The van der Waals surface area contributed by atoms with Gasteiger partial charge < -0.3 is 9.64 Å². The highest BCUT2D eigenvalue weighted by Crippen LogP contribution is 2.05. The lowest BCUT2D eigenvalue weighted by Gasteiger charge is -2.07. The molecule has 2 heterocycles. The first-order valence-corrected chi connectivity index (χ1v) is 6.29. The molecule has 7 heteroatoms. The quantitative estimate of drug-likeness (QED) is 0.778. The van der Waals surface area contributed by atoms with Crippen LogP contribution >= 0.6 is 0 Å². The van der Waals surface area contributed by atoms with Gasteiger partial charge in [-0.25, -0.2) is 4.79 Å². The zero-order valence-electron chi connectivity index (χ0n) is 12.1. The zero-order valence-corrected chi connectivity index (χ0v) is 12.1. The number of pyridine rings is 1. The van der Waals surface area contributed by atoms with E-state index >= 15 is 0 Å². The molecule has 0 saturated carbocycles. The van der Waals surface area contributed by atoms with Crippen molar-refractivity contribution in [2.75, 3.05) is 21.2 Å². The topological polar surface area (TPSA) is 77.3 Å². The van der Waals surface area contributed by atoms with Gasteiger partial charge in [0.05, 0.1) is 24.9 Å². The highest BCUT2D eigenvalue weighted by Gasteiger charge is 2.12. The van der Waals surface area contributed by atoms with E-state index in [1.54, 1.807) is 43.2 Å². The minimum absolute atomic E-state index is 0.150. The Morgan fingerprint density at radius 1 is 1.29 bits per heavy atom. The summed E-state index contributed by atoms with van der Waals surface area (Å²) in [6, 6.07) is 5.02. The molecule has 7 nitrogen and oxygen atoms in total. The summed E-state index contributed by atoms with van der Waals surface area (Å²) in [5.41, 5.74) is 1.51. The maximum absolute atomic E-state index is 11.7. The van der Waals surface area contributed by atoms with Crippen molar-refractivity contribution in [1.82, 2.24) is 19.7 Å². The summed E-state index contributed by atoms with van der Waals surface area (Å²) in [6.45, 7) is 0.419. The summed E-state index contributed by atoms with van der Waals surface area (Å²) in [7, 11) is 4.67. The van der Waals surface area contributed by atoms with Gasteiger partial charge in [-0.1, -0.05) is 0 Å². The van der Waals surface area contributed by atoms with E-state index in [0.717, 1.165) is 5.69 Å². The molecule has 2 rings (SSSR count). The molecule has 0 atom stereocenters. The zero-order chi connectivity index (χ0) is 15.4. The van der Waals surface area contributed by atoms with Crippen LogP contribution in [-0.2, 0) is 11.3 Å². The molecule has 0 saturated heterocycles. The maximum atomic E-state index is 11.7. The fourth-order valence-corrected chi connectivity index (χ4v) is 1.72. The normalized spacial score (nSPS) is 10.2. The van der Waals surface area contributed by atoms with Gasteiger partial charge in [0.2, 0.25) is 0 Å². The molecule has 0 unspecified atom stereocenters. The Morgan fingerprint density at radius 3 is 2.62 bits per heavy atom. The molecule has 0 radical (unpaired) electrons. The van der Waals surface area contributed by atoms with Crippen LogP contribution in [0.3, 0.4) is 0 Å². The summed E-state index contributed by atoms with van der Waals surface area (Å²) in [4.78, 5) is 28.7. The SMILES string of the molecule is COC(=O)c1ccc(Cn2ccc(C(=O)N(C)C)n2)nc1. The van der Waals surface area contributed by atoms with Gasteiger partial charge in [0.15, 0.2) is 0 Å². The second kappa shape index (κ2) is 6.17. The van der Waals surface area contributed by atoms with Crippen molar-refractivity contribution in [3.8, 4) is 0 Å². The summed E-state index contributed by atoms with van der Waals surface area (Å²) in [6.07, 6.45) is 3.17. The lowest BCUT2D eigenvalue weighted by atomic mass is 10.2. The van der Waals surface area contributed by atoms with E-state index in [0.29, 0.717) is 17.8 Å². The van der Waals surface area contributed by atoms with Crippen LogP contribution in [0.1, 0.15) is 26.5 Å². The van der Waals surface area contributed by atoms with Gasteiger partial charge >= 0.3 is 5.97 Å². The number of carbonyl (C=O) groups is 2. The predicted octanol–water partition coefficient (Wildman–Crippen LogP) is 0.815. The first kappa shape index (κ1) is 14.7. The first-order valence-electron chi connectivity index (χ1n) is 6.29. The van der Waals surface area contributed by atoms with Gasteiger partial charge in [-0.05, 0) is 18.2 Å². The standard InChI is InChI=1S/C14H16N4O3/c1-17(2)13(19)12-6-7-18(16-12)9-11-5-4-10(8-15-11)14(20)21-3/h4-8H,9H2,1-3H3. The number of amides is 1. The van der Waals surface area contributed by atoms with Crippen molar-refractivity contribution in [1.29, 1.82) is 0 Å². The molecular weight excluding hydrogens is 272 g/mol. The first-order chi connectivity index (χ1) is 10.0. The average molecular weight is 288 g/mol. The van der Waals surface area contributed by atoms with Crippen LogP contribution in [0, 0.1) is 0 Å². The molecule has 0 bridgehead atoms. The smallest absolute Gasteiger partial charge is 0.339 e. The highest BCUT2D eigenvalue weighted by atomic mass is 16.5. The van der Waals surface area contributed by atoms with Gasteiger partial charge in [-0.15, -0.1) is 0 Å². The minimum Gasteiger partial charge on any atom is -0.465 e. The van der Waals surface area contributed by atoms with E-state index in [9.17, 15) is 9.59 Å². The fraction of sp³-hybridized carbons (Fsp3) is 0.286. The minimum atomic E-state index is -0.424. The molecule has 0 aliphatic heterocycles. The van der Waals surface area contributed by atoms with Crippen LogP contribution < -0.4 is 0 Å². The number of aromatic nitrogens is 3. The maximum Gasteiger partial charge on any atom is 0.339 e. The molecule has 2 aromatic heterocycles. The Morgan fingerprint density at radius 2 is 2.05 bits per heavy atom. The second-order valence-electron chi connectivity index (χ2n) is 4.63. The number of nitrogens with zero attached hydrogens (tertiary/aromatic N) is 4. The van der Waals surface area contributed by atoms with Crippen molar-refractivity contribution in [2.24, 2.45) is 0 Å². The van der Waals surface area contributed by atoms with Crippen LogP contribution in [-0.4, -0.2) is 52.7 Å². The second-order valence-corrected chi connectivity index (χ2v) is 4.63. The Hall–Kier alpha value is -2.70. The Kier molecular flexibility index (Phi) is 4.32. The lowest BCUT2D eigenvalue weighted by molar-refractivity contribution is 0.0600.